The Morgan fingerprint density at radius 3 is 2.50 bits per heavy atom. The van der Waals surface area contributed by atoms with Gasteiger partial charge in [0.2, 0.25) is 0 Å². The molecular weight excluding hydrogens is 170 g/mol. The molecule has 1 rings (SSSR count). The first kappa shape index (κ1) is 9.38. The van der Waals surface area contributed by atoms with Crippen LogP contribution in [0.25, 0.3) is 0 Å². The second-order valence-corrected chi connectivity index (χ2v) is 2.87. The molecule has 0 bridgehead atoms. The molecule has 1 aliphatic carbocycles. The molecule has 2 atom stereocenters. The highest BCUT2D eigenvalue weighted by Gasteiger charge is 2.68. The van der Waals surface area contributed by atoms with Gasteiger partial charge in [0.15, 0.2) is 0 Å². The topological polar surface area (TPSA) is 46.5 Å². The molecule has 0 heterocycles. The van der Waals surface area contributed by atoms with Crippen LogP contribution in [0.15, 0.2) is 0 Å². The average molecular weight is 180 g/mol. The van der Waals surface area contributed by atoms with Crippen LogP contribution in [-0.4, -0.2) is 30.2 Å². The minimum Gasteiger partial charge on any atom is -0.465 e. The van der Waals surface area contributed by atoms with Crippen LogP contribution in [0.5, 0.6) is 0 Å². The average Bonchev–Trinajstić information content (AvgIpc) is 2.48. The summed E-state index contributed by atoms with van der Waals surface area (Å²) in [4.78, 5) is 10.3. The summed E-state index contributed by atoms with van der Waals surface area (Å²) in [6, 6.07) is 0. The number of hydrogen-bond donors (Lipinski definition) is 1. The maximum atomic E-state index is 12.6. The lowest BCUT2D eigenvalue weighted by Gasteiger charge is -1.98. The van der Waals surface area contributed by atoms with Gasteiger partial charge in [-0.25, -0.2) is 8.78 Å². The molecule has 0 radical (unpaired) electrons. The molecule has 1 fully saturated rings. The van der Waals surface area contributed by atoms with Crippen molar-refractivity contribution in [2.75, 3.05) is 13.2 Å². The zero-order chi connectivity index (χ0) is 9.35. The highest BCUT2D eigenvalue weighted by molar-refractivity contribution is 5.65. The summed E-state index contributed by atoms with van der Waals surface area (Å²) in [6.45, 7) is 0.307. The standard InChI is InChI=1S/C7H10F2O3/c1-4(11)12-3-6-5(2-10)7(6,8)9/h5-6,10H,2-3H2,1H3/t5-,6-/m1/s1. The van der Waals surface area contributed by atoms with Crippen LogP contribution in [0.3, 0.4) is 0 Å². The SMILES string of the molecule is CC(=O)OC[C@@H]1[C@@H](CO)C1(F)F. The Hall–Kier alpha value is -0.710. The summed E-state index contributed by atoms with van der Waals surface area (Å²) in [6.07, 6.45) is 0. The van der Waals surface area contributed by atoms with Gasteiger partial charge in [0.25, 0.3) is 5.92 Å². The molecule has 0 aliphatic heterocycles. The second-order valence-electron chi connectivity index (χ2n) is 2.87. The van der Waals surface area contributed by atoms with Gasteiger partial charge in [-0.15, -0.1) is 0 Å². The van der Waals surface area contributed by atoms with Gasteiger partial charge in [-0.2, -0.15) is 0 Å². The molecule has 3 nitrogen and oxygen atoms in total. The summed E-state index contributed by atoms with van der Waals surface area (Å²) >= 11 is 0. The second kappa shape index (κ2) is 2.97. The molecule has 0 saturated heterocycles. The molecule has 0 aromatic heterocycles. The Morgan fingerprint density at radius 1 is 1.58 bits per heavy atom. The predicted octanol–water partition coefficient (Wildman–Crippen LogP) is 0.423. The molecule has 1 N–H and O–H groups in total. The van der Waals surface area contributed by atoms with E-state index in [1.54, 1.807) is 0 Å². The first-order valence-corrected chi connectivity index (χ1v) is 3.62. The van der Waals surface area contributed by atoms with Crippen LogP contribution in [0.4, 0.5) is 8.78 Å². The Morgan fingerprint density at radius 2 is 2.17 bits per heavy atom. The number of alkyl halides is 2. The van der Waals surface area contributed by atoms with Crippen molar-refractivity contribution in [3.8, 4) is 0 Å². The van der Waals surface area contributed by atoms with Crippen molar-refractivity contribution in [2.45, 2.75) is 12.8 Å². The van der Waals surface area contributed by atoms with E-state index in [0.29, 0.717) is 0 Å². The van der Waals surface area contributed by atoms with Gasteiger partial charge in [-0.3, -0.25) is 4.79 Å². The van der Waals surface area contributed by atoms with Crippen LogP contribution in [-0.2, 0) is 9.53 Å². The first-order chi connectivity index (χ1) is 5.50. The molecule has 0 aromatic carbocycles. The zero-order valence-corrected chi connectivity index (χ0v) is 6.59. The third kappa shape index (κ3) is 1.55. The lowest BCUT2D eigenvalue weighted by Crippen LogP contribution is -2.06. The van der Waals surface area contributed by atoms with Crippen molar-refractivity contribution in [2.24, 2.45) is 11.8 Å². The molecule has 1 aliphatic rings. The lowest BCUT2D eigenvalue weighted by atomic mass is 10.3. The van der Waals surface area contributed by atoms with E-state index in [2.05, 4.69) is 4.74 Å². The fraction of sp³-hybridized carbons (Fsp3) is 0.857. The number of carbonyl (C=O) groups is 1. The van der Waals surface area contributed by atoms with Crippen LogP contribution >= 0.6 is 0 Å². The maximum absolute atomic E-state index is 12.6. The van der Waals surface area contributed by atoms with Crippen molar-refractivity contribution in [3.63, 3.8) is 0 Å². The summed E-state index contributed by atoms with van der Waals surface area (Å²) in [5.41, 5.74) is 0. The van der Waals surface area contributed by atoms with Crippen LogP contribution in [0, 0.1) is 11.8 Å². The Kier molecular flexibility index (Phi) is 2.32. The first-order valence-electron chi connectivity index (χ1n) is 3.62. The normalized spacial score (nSPS) is 31.3. The van der Waals surface area contributed by atoms with Gasteiger partial charge in [0.05, 0.1) is 18.4 Å². The summed E-state index contributed by atoms with van der Waals surface area (Å²) in [5.74, 6) is -5.46. The number of ether oxygens (including phenoxy) is 1. The molecule has 0 spiro atoms. The molecule has 0 unspecified atom stereocenters. The van der Waals surface area contributed by atoms with Gasteiger partial charge in [0.1, 0.15) is 6.61 Å². The van der Waals surface area contributed by atoms with E-state index in [9.17, 15) is 13.6 Å². The molecule has 1 saturated carbocycles. The van der Waals surface area contributed by atoms with Gasteiger partial charge in [-0.1, -0.05) is 0 Å². The van der Waals surface area contributed by atoms with Crippen LogP contribution in [0.1, 0.15) is 6.92 Å². The largest absolute Gasteiger partial charge is 0.465 e. The molecule has 70 valence electrons. The fourth-order valence-corrected chi connectivity index (χ4v) is 1.14. The molecule has 0 aromatic rings. The number of esters is 1. The molecule has 12 heavy (non-hydrogen) atoms. The fourth-order valence-electron chi connectivity index (χ4n) is 1.14. The van der Waals surface area contributed by atoms with Crippen LogP contribution < -0.4 is 0 Å². The maximum Gasteiger partial charge on any atom is 0.302 e. The molecule has 5 heteroatoms. The van der Waals surface area contributed by atoms with E-state index < -0.39 is 30.3 Å². The highest BCUT2D eigenvalue weighted by Crippen LogP contribution is 2.54. The van der Waals surface area contributed by atoms with Gasteiger partial charge in [0, 0.05) is 6.92 Å². The predicted molar refractivity (Wildman–Crippen MR) is 35.6 cm³/mol. The highest BCUT2D eigenvalue weighted by atomic mass is 19.3. The molecule has 0 amide bonds. The van der Waals surface area contributed by atoms with E-state index in [0.717, 1.165) is 6.92 Å². The summed E-state index contributed by atoms with van der Waals surface area (Å²) in [5, 5.41) is 8.46. The van der Waals surface area contributed by atoms with E-state index in [1.165, 1.54) is 0 Å². The number of rotatable bonds is 3. The van der Waals surface area contributed by atoms with Gasteiger partial charge >= 0.3 is 5.97 Å². The molecular formula is C7H10F2O3. The van der Waals surface area contributed by atoms with E-state index in [1.807, 2.05) is 0 Å². The third-order valence-electron chi connectivity index (χ3n) is 2.03. The van der Waals surface area contributed by atoms with Crippen molar-refractivity contribution in [1.29, 1.82) is 0 Å². The minimum atomic E-state index is -2.86. The quantitative estimate of drug-likeness (QED) is 0.640. The number of aliphatic hydroxyl groups is 1. The number of hydrogen-bond acceptors (Lipinski definition) is 3. The van der Waals surface area contributed by atoms with Gasteiger partial charge < -0.3 is 9.84 Å². The smallest absolute Gasteiger partial charge is 0.302 e. The Balaban J connectivity index is 2.32. The van der Waals surface area contributed by atoms with E-state index in [-0.39, 0.29) is 6.61 Å². The van der Waals surface area contributed by atoms with Crippen molar-refractivity contribution >= 4 is 5.97 Å². The Labute approximate surface area is 68.3 Å². The Bertz CT molecular complexity index is 193. The monoisotopic (exact) mass is 180 g/mol. The summed E-state index contributed by atoms with van der Waals surface area (Å²) in [7, 11) is 0. The van der Waals surface area contributed by atoms with E-state index >= 15 is 0 Å². The third-order valence-corrected chi connectivity index (χ3v) is 2.03. The van der Waals surface area contributed by atoms with Crippen molar-refractivity contribution in [1.82, 2.24) is 0 Å². The number of carbonyl (C=O) groups excluding carboxylic acids is 1. The lowest BCUT2D eigenvalue weighted by molar-refractivity contribution is -0.142. The minimum absolute atomic E-state index is 0.298. The number of aliphatic hydroxyl groups excluding tert-OH is 1. The number of halogens is 2. The van der Waals surface area contributed by atoms with Crippen molar-refractivity contribution in [3.05, 3.63) is 0 Å². The van der Waals surface area contributed by atoms with Crippen LogP contribution in [0.2, 0.25) is 0 Å². The zero-order valence-electron chi connectivity index (χ0n) is 6.59. The summed E-state index contributed by atoms with van der Waals surface area (Å²) < 4.78 is 29.5. The van der Waals surface area contributed by atoms with E-state index in [4.69, 9.17) is 5.11 Å². The van der Waals surface area contributed by atoms with Crippen molar-refractivity contribution < 1.29 is 23.4 Å². The van der Waals surface area contributed by atoms with Gasteiger partial charge in [-0.05, 0) is 0 Å².